The van der Waals surface area contributed by atoms with Crippen LogP contribution in [0.3, 0.4) is 0 Å². The predicted molar refractivity (Wildman–Crippen MR) is 91.0 cm³/mol. The second kappa shape index (κ2) is 5.08. The summed E-state index contributed by atoms with van der Waals surface area (Å²) in [4.78, 5) is 12.0. The molecule has 0 radical (unpaired) electrons. The summed E-state index contributed by atoms with van der Waals surface area (Å²) in [5.74, 6) is -0.244. The predicted octanol–water partition coefficient (Wildman–Crippen LogP) is 4.40. The van der Waals surface area contributed by atoms with E-state index in [4.69, 9.17) is 0 Å². The average Bonchev–Trinajstić information content (AvgIpc) is 2.45. The molecule has 3 fully saturated rings. The van der Waals surface area contributed by atoms with Gasteiger partial charge in [-0.25, -0.2) is 0 Å². The van der Waals surface area contributed by atoms with Gasteiger partial charge in [-0.1, -0.05) is 26.3 Å². The van der Waals surface area contributed by atoms with E-state index in [1.54, 1.807) is 0 Å². The number of hydrogen-bond acceptors (Lipinski definition) is 2. The van der Waals surface area contributed by atoms with E-state index in [1.165, 1.54) is 0 Å². The highest BCUT2D eigenvalue weighted by Crippen LogP contribution is 2.66. The molecule has 3 heteroatoms. The molecule has 3 aliphatic rings. The molecule has 0 aliphatic heterocycles. The van der Waals surface area contributed by atoms with Crippen molar-refractivity contribution in [2.45, 2.75) is 77.7 Å². The van der Waals surface area contributed by atoms with E-state index in [1.807, 2.05) is 13.0 Å². The zero-order valence-electron chi connectivity index (χ0n) is 14.9. The van der Waals surface area contributed by atoms with Crippen molar-refractivity contribution in [2.75, 3.05) is 0 Å². The fourth-order valence-electron chi connectivity index (χ4n) is 6.66. The van der Waals surface area contributed by atoms with E-state index >= 15 is 0 Å². The first-order valence-electron chi connectivity index (χ1n) is 9.19. The van der Waals surface area contributed by atoms with Gasteiger partial charge in [0, 0.05) is 0 Å². The van der Waals surface area contributed by atoms with Crippen molar-refractivity contribution in [3.63, 3.8) is 0 Å². The SMILES string of the molecule is C=C[C@@]1(C)CC[C@H]2[C@@](O)(CC[C@@H]3[C@]2(C)CCC[C@]3(C)C(=O)O)C1. The quantitative estimate of drug-likeness (QED) is 0.741. The number of aliphatic carboxylic acids is 1. The van der Waals surface area contributed by atoms with Gasteiger partial charge in [-0.15, -0.1) is 6.58 Å². The third kappa shape index (κ3) is 2.30. The molecule has 3 saturated carbocycles. The second-order valence-electron chi connectivity index (χ2n) is 9.40. The van der Waals surface area contributed by atoms with Crippen molar-refractivity contribution in [3.8, 4) is 0 Å². The maximum atomic E-state index is 12.0. The Morgan fingerprint density at radius 1 is 1.09 bits per heavy atom. The molecule has 3 rings (SSSR count). The third-order valence-corrected chi connectivity index (χ3v) is 7.98. The number of carboxylic acids is 1. The Morgan fingerprint density at radius 2 is 1.74 bits per heavy atom. The Hall–Kier alpha value is -0.830. The first-order chi connectivity index (χ1) is 10.6. The largest absolute Gasteiger partial charge is 0.481 e. The van der Waals surface area contributed by atoms with Gasteiger partial charge in [0.2, 0.25) is 0 Å². The standard InChI is InChI=1S/C20H32O3/c1-5-17(2)11-7-15-18(3)9-6-10-19(4,16(21)22)14(18)8-12-20(15,23)13-17/h5,14-15,23H,1,6-13H2,2-4H3,(H,21,22)/t14-,15-,17+,18+,19+,20-/m1/s1. The van der Waals surface area contributed by atoms with Crippen LogP contribution in [0.15, 0.2) is 12.7 Å². The van der Waals surface area contributed by atoms with Crippen LogP contribution in [0, 0.1) is 28.1 Å². The molecule has 130 valence electrons. The topological polar surface area (TPSA) is 57.5 Å². The van der Waals surface area contributed by atoms with Crippen LogP contribution in [-0.4, -0.2) is 21.8 Å². The highest BCUT2D eigenvalue weighted by Gasteiger charge is 2.64. The lowest BCUT2D eigenvalue weighted by Gasteiger charge is -2.64. The van der Waals surface area contributed by atoms with Gasteiger partial charge in [0.05, 0.1) is 11.0 Å². The summed E-state index contributed by atoms with van der Waals surface area (Å²) >= 11 is 0. The van der Waals surface area contributed by atoms with Crippen LogP contribution in [-0.2, 0) is 4.79 Å². The number of carboxylic acid groups (broad SMARTS) is 1. The van der Waals surface area contributed by atoms with Crippen LogP contribution in [0.2, 0.25) is 0 Å². The molecule has 6 atom stereocenters. The molecule has 0 saturated heterocycles. The van der Waals surface area contributed by atoms with Crippen LogP contribution < -0.4 is 0 Å². The summed E-state index contributed by atoms with van der Waals surface area (Å²) < 4.78 is 0. The minimum absolute atomic E-state index is 0.0131. The number of hydrogen-bond donors (Lipinski definition) is 2. The summed E-state index contributed by atoms with van der Waals surface area (Å²) in [6.45, 7) is 10.4. The zero-order chi connectivity index (χ0) is 17.1. The first-order valence-corrected chi connectivity index (χ1v) is 9.19. The maximum Gasteiger partial charge on any atom is 0.309 e. The Morgan fingerprint density at radius 3 is 2.35 bits per heavy atom. The number of aliphatic hydroxyl groups is 1. The van der Waals surface area contributed by atoms with Gasteiger partial charge in [0.25, 0.3) is 0 Å². The number of fused-ring (bicyclic) bond motifs is 3. The molecule has 0 bridgehead atoms. The monoisotopic (exact) mass is 320 g/mol. The fourth-order valence-corrected chi connectivity index (χ4v) is 6.66. The number of rotatable bonds is 2. The molecule has 0 aromatic carbocycles. The minimum atomic E-state index is -0.650. The Kier molecular flexibility index (Phi) is 3.76. The van der Waals surface area contributed by atoms with Gasteiger partial charge in [-0.05, 0) is 74.5 Å². The lowest BCUT2D eigenvalue weighted by Crippen LogP contribution is -2.62. The second-order valence-corrected chi connectivity index (χ2v) is 9.40. The van der Waals surface area contributed by atoms with Crippen LogP contribution in [0.4, 0.5) is 0 Å². The minimum Gasteiger partial charge on any atom is -0.481 e. The molecular formula is C20H32O3. The average molecular weight is 320 g/mol. The maximum absolute atomic E-state index is 12.0. The van der Waals surface area contributed by atoms with Crippen LogP contribution in [0.25, 0.3) is 0 Å². The van der Waals surface area contributed by atoms with Gasteiger partial charge in [-0.2, -0.15) is 0 Å². The normalized spacial score (nSPS) is 53.0. The Bertz CT molecular complexity index is 529. The molecule has 0 amide bonds. The number of allylic oxidation sites excluding steroid dienone is 1. The summed E-state index contributed by atoms with van der Waals surface area (Å²) in [5.41, 5.74) is -1.32. The van der Waals surface area contributed by atoms with Crippen molar-refractivity contribution < 1.29 is 15.0 Å². The first kappa shape index (κ1) is 17.0. The van der Waals surface area contributed by atoms with Gasteiger partial charge >= 0.3 is 5.97 Å². The summed E-state index contributed by atoms with van der Waals surface area (Å²) in [6, 6.07) is 0. The van der Waals surface area contributed by atoms with Crippen molar-refractivity contribution >= 4 is 5.97 Å². The van der Waals surface area contributed by atoms with E-state index in [-0.39, 0.29) is 22.7 Å². The molecule has 3 nitrogen and oxygen atoms in total. The van der Waals surface area contributed by atoms with Gasteiger partial charge < -0.3 is 10.2 Å². The zero-order valence-corrected chi connectivity index (χ0v) is 14.9. The Balaban J connectivity index is 1.97. The highest BCUT2D eigenvalue weighted by atomic mass is 16.4. The summed E-state index contributed by atoms with van der Waals surface area (Å²) in [7, 11) is 0. The summed E-state index contributed by atoms with van der Waals surface area (Å²) in [5, 5.41) is 21.3. The molecule has 0 aromatic rings. The van der Waals surface area contributed by atoms with Gasteiger partial charge in [0.15, 0.2) is 0 Å². The highest BCUT2D eigenvalue weighted by molar-refractivity contribution is 5.75. The van der Waals surface area contributed by atoms with E-state index in [0.29, 0.717) is 0 Å². The van der Waals surface area contributed by atoms with Crippen LogP contribution in [0.1, 0.15) is 72.1 Å². The van der Waals surface area contributed by atoms with Crippen LogP contribution >= 0.6 is 0 Å². The third-order valence-electron chi connectivity index (χ3n) is 7.98. The molecule has 2 N–H and O–H groups in total. The van der Waals surface area contributed by atoms with Crippen molar-refractivity contribution in [3.05, 3.63) is 12.7 Å². The molecule has 0 heterocycles. The molecule has 23 heavy (non-hydrogen) atoms. The van der Waals surface area contributed by atoms with E-state index in [9.17, 15) is 15.0 Å². The molecular weight excluding hydrogens is 288 g/mol. The number of carbonyl (C=O) groups is 1. The van der Waals surface area contributed by atoms with Crippen molar-refractivity contribution in [2.24, 2.45) is 28.1 Å². The lowest BCUT2D eigenvalue weighted by molar-refractivity contribution is -0.212. The summed E-state index contributed by atoms with van der Waals surface area (Å²) in [6.07, 6.45) is 9.19. The van der Waals surface area contributed by atoms with E-state index in [2.05, 4.69) is 20.4 Å². The molecule has 3 aliphatic carbocycles. The fraction of sp³-hybridized carbons (Fsp3) is 0.850. The van der Waals surface area contributed by atoms with Crippen molar-refractivity contribution in [1.82, 2.24) is 0 Å². The van der Waals surface area contributed by atoms with Gasteiger partial charge in [0.1, 0.15) is 0 Å². The van der Waals surface area contributed by atoms with E-state index < -0.39 is 17.0 Å². The van der Waals surface area contributed by atoms with Gasteiger partial charge in [-0.3, -0.25) is 4.79 Å². The van der Waals surface area contributed by atoms with E-state index in [0.717, 1.165) is 51.4 Å². The molecule has 0 unspecified atom stereocenters. The molecule has 0 spiro atoms. The molecule has 0 aromatic heterocycles. The van der Waals surface area contributed by atoms with Crippen molar-refractivity contribution in [1.29, 1.82) is 0 Å². The Labute approximate surface area is 140 Å². The lowest BCUT2D eigenvalue weighted by atomic mass is 9.42. The smallest absolute Gasteiger partial charge is 0.309 e. The van der Waals surface area contributed by atoms with Crippen LogP contribution in [0.5, 0.6) is 0 Å².